The van der Waals surface area contributed by atoms with E-state index in [9.17, 15) is 4.79 Å². The van der Waals surface area contributed by atoms with Gasteiger partial charge < -0.3 is 4.42 Å². The molecule has 18 heavy (non-hydrogen) atoms. The van der Waals surface area contributed by atoms with Crippen molar-refractivity contribution in [2.45, 2.75) is 32.1 Å². The van der Waals surface area contributed by atoms with E-state index in [0.29, 0.717) is 5.76 Å². The van der Waals surface area contributed by atoms with E-state index in [4.69, 9.17) is 4.42 Å². The molecule has 0 radical (unpaired) electrons. The summed E-state index contributed by atoms with van der Waals surface area (Å²) in [5, 5.41) is 0.995. The second-order valence-electron chi connectivity index (χ2n) is 4.81. The second kappa shape index (κ2) is 4.81. The van der Waals surface area contributed by atoms with Gasteiger partial charge in [0.1, 0.15) is 5.58 Å². The number of hydrogen-bond acceptors (Lipinski definition) is 2. The SMILES string of the molecule is O=C(C1=CCCCCC1)c1cc2ccccc2o1. The molecule has 92 valence electrons. The molecule has 0 aliphatic heterocycles. The first kappa shape index (κ1) is 11.3. The molecule has 0 spiro atoms. The smallest absolute Gasteiger partial charge is 0.223 e. The van der Waals surface area contributed by atoms with Crippen molar-refractivity contribution in [3.8, 4) is 0 Å². The fraction of sp³-hybridized carbons (Fsp3) is 0.312. The molecule has 1 aromatic carbocycles. The topological polar surface area (TPSA) is 30.2 Å². The van der Waals surface area contributed by atoms with Crippen LogP contribution in [-0.2, 0) is 0 Å². The van der Waals surface area contributed by atoms with Crippen LogP contribution in [0.4, 0.5) is 0 Å². The number of furan rings is 1. The van der Waals surface area contributed by atoms with E-state index < -0.39 is 0 Å². The van der Waals surface area contributed by atoms with Crippen LogP contribution in [0.1, 0.15) is 42.7 Å². The van der Waals surface area contributed by atoms with Crippen molar-refractivity contribution in [3.63, 3.8) is 0 Å². The fourth-order valence-electron chi connectivity index (χ4n) is 2.47. The zero-order valence-electron chi connectivity index (χ0n) is 10.3. The maximum Gasteiger partial charge on any atom is 0.223 e. The minimum absolute atomic E-state index is 0.0631. The monoisotopic (exact) mass is 240 g/mol. The fourth-order valence-corrected chi connectivity index (χ4v) is 2.47. The number of para-hydroxylation sites is 1. The van der Waals surface area contributed by atoms with Gasteiger partial charge in [-0.25, -0.2) is 0 Å². The van der Waals surface area contributed by atoms with Gasteiger partial charge in [0.15, 0.2) is 5.76 Å². The third-order valence-corrected chi connectivity index (χ3v) is 3.48. The molecule has 0 amide bonds. The molecule has 3 rings (SSSR count). The molecule has 2 nitrogen and oxygen atoms in total. The lowest BCUT2D eigenvalue weighted by atomic mass is 10.0. The van der Waals surface area contributed by atoms with Gasteiger partial charge in [0.2, 0.25) is 5.78 Å². The standard InChI is InChI=1S/C16H16O2/c17-16(12-7-3-1-2-4-8-12)15-11-13-9-5-6-10-14(13)18-15/h5-7,9-11H,1-4,8H2. The number of Topliss-reactive ketones (excluding diaryl/α,β-unsaturated/α-hetero) is 1. The zero-order chi connectivity index (χ0) is 12.4. The van der Waals surface area contributed by atoms with Crippen LogP contribution in [0.2, 0.25) is 0 Å². The number of benzene rings is 1. The lowest BCUT2D eigenvalue weighted by molar-refractivity contribution is 0.100. The largest absolute Gasteiger partial charge is 0.453 e. The van der Waals surface area contributed by atoms with E-state index in [0.717, 1.165) is 35.8 Å². The summed E-state index contributed by atoms with van der Waals surface area (Å²) in [5.74, 6) is 0.539. The molecule has 2 heteroatoms. The molecule has 0 fully saturated rings. The molecule has 1 heterocycles. The summed E-state index contributed by atoms with van der Waals surface area (Å²) in [6.07, 6.45) is 7.50. The first-order valence-corrected chi connectivity index (χ1v) is 6.57. The average Bonchev–Trinajstić information content (AvgIpc) is 2.64. The Kier molecular flexibility index (Phi) is 3.01. The van der Waals surface area contributed by atoms with Crippen LogP contribution in [0, 0.1) is 0 Å². The molecule has 1 aliphatic carbocycles. The maximum absolute atomic E-state index is 12.4. The van der Waals surface area contributed by atoms with Crippen LogP contribution in [0.3, 0.4) is 0 Å². The highest BCUT2D eigenvalue weighted by atomic mass is 16.3. The summed E-state index contributed by atoms with van der Waals surface area (Å²) in [5.41, 5.74) is 1.71. The highest BCUT2D eigenvalue weighted by Crippen LogP contribution is 2.25. The Balaban J connectivity index is 1.93. The average molecular weight is 240 g/mol. The van der Waals surface area contributed by atoms with E-state index >= 15 is 0 Å². The third kappa shape index (κ3) is 2.10. The number of hydrogen-bond donors (Lipinski definition) is 0. The lowest BCUT2D eigenvalue weighted by Gasteiger charge is -2.00. The van der Waals surface area contributed by atoms with Crippen molar-refractivity contribution in [1.82, 2.24) is 0 Å². The van der Waals surface area contributed by atoms with Crippen LogP contribution < -0.4 is 0 Å². The molecule has 0 atom stereocenters. The number of allylic oxidation sites excluding steroid dienone is 2. The highest BCUT2D eigenvalue weighted by Gasteiger charge is 2.17. The summed E-state index contributed by atoms with van der Waals surface area (Å²) < 4.78 is 5.63. The van der Waals surface area contributed by atoms with Crippen LogP contribution >= 0.6 is 0 Å². The summed E-state index contributed by atoms with van der Waals surface area (Å²) in [4.78, 5) is 12.4. The molecule has 0 bridgehead atoms. The van der Waals surface area contributed by atoms with Crippen molar-refractivity contribution in [3.05, 3.63) is 47.7 Å². The summed E-state index contributed by atoms with van der Waals surface area (Å²) in [7, 11) is 0. The highest BCUT2D eigenvalue weighted by molar-refractivity contribution is 6.08. The van der Waals surface area contributed by atoms with Crippen molar-refractivity contribution < 1.29 is 9.21 Å². The quantitative estimate of drug-likeness (QED) is 0.723. The number of carbonyl (C=O) groups is 1. The molecule has 0 saturated heterocycles. The zero-order valence-corrected chi connectivity index (χ0v) is 10.3. The van der Waals surface area contributed by atoms with Crippen molar-refractivity contribution in [2.75, 3.05) is 0 Å². The Morgan fingerprint density at radius 1 is 1.11 bits per heavy atom. The molecular formula is C16H16O2. The minimum atomic E-state index is 0.0631. The van der Waals surface area contributed by atoms with Gasteiger partial charge in [-0.05, 0) is 43.4 Å². The number of carbonyl (C=O) groups excluding carboxylic acids is 1. The molecule has 0 N–H and O–H groups in total. The Labute approximate surface area is 106 Å². The molecule has 1 aliphatic rings. The van der Waals surface area contributed by atoms with Gasteiger partial charge in [0, 0.05) is 5.39 Å². The van der Waals surface area contributed by atoms with Gasteiger partial charge >= 0.3 is 0 Å². The van der Waals surface area contributed by atoms with Gasteiger partial charge in [-0.2, -0.15) is 0 Å². The Hall–Kier alpha value is -1.83. The maximum atomic E-state index is 12.4. The first-order valence-electron chi connectivity index (χ1n) is 6.57. The molecule has 1 aromatic heterocycles. The number of rotatable bonds is 2. The van der Waals surface area contributed by atoms with Gasteiger partial charge in [-0.3, -0.25) is 4.79 Å². The minimum Gasteiger partial charge on any atom is -0.453 e. The van der Waals surface area contributed by atoms with E-state index in [1.807, 2.05) is 30.3 Å². The summed E-state index contributed by atoms with van der Waals surface area (Å²) in [6, 6.07) is 9.59. The number of ketones is 1. The Morgan fingerprint density at radius 2 is 2.00 bits per heavy atom. The van der Waals surface area contributed by atoms with Crippen molar-refractivity contribution >= 4 is 16.8 Å². The van der Waals surface area contributed by atoms with Crippen molar-refractivity contribution in [1.29, 1.82) is 0 Å². The first-order chi connectivity index (χ1) is 8.84. The predicted octanol–water partition coefficient (Wildman–Crippen LogP) is 4.51. The molecular weight excluding hydrogens is 224 g/mol. The van der Waals surface area contributed by atoms with Crippen LogP contribution in [-0.4, -0.2) is 5.78 Å². The molecule has 2 aromatic rings. The van der Waals surface area contributed by atoms with Gasteiger partial charge in [-0.15, -0.1) is 0 Å². The van der Waals surface area contributed by atoms with E-state index in [1.165, 1.54) is 12.8 Å². The van der Waals surface area contributed by atoms with E-state index in [1.54, 1.807) is 0 Å². The summed E-state index contributed by atoms with van der Waals surface area (Å²) >= 11 is 0. The third-order valence-electron chi connectivity index (χ3n) is 3.48. The normalized spacial score (nSPS) is 16.3. The van der Waals surface area contributed by atoms with Gasteiger partial charge in [-0.1, -0.05) is 30.7 Å². The van der Waals surface area contributed by atoms with E-state index in [2.05, 4.69) is 6.08 Å². The van der Waals surface area contributed by atoms with E-state index in [-0.39, 0.29) is 5.78 Å². The van der Waals surface area contributed by atoms with Crippen LogP contribution in [0.5, 0.6) is 0 Å². The number of fused-ring (bicyclic) bond motifs is 1. The van der Waals surface area contributed by atoms with Gasteiger partial charge in [0.05, 0.1) is 0 Å². The second-order valence-corrected chi connectivity index (χ2v) is 4.81. The predicted molar refractivity (Wildman–Crippen MR) is 71.7 cm³/mol. The summed E-state index contributed by atoms with van der Waals surface area (Å²) in [6.45, 7) is 0. The molecule has 0 saturated carbocycles. The Morgan fingerprint density at radius 3 is 2.89 bits per heavy atom. The van der Waals surface area contributed by atoms with Crippen molar-refractivity contribution in [2.24, 2.45) is 0 Å². The van der Waals surface area contributed by atoms with Crippen LogP contribution in [0.25, 0.3) is 11.0 Å². The van der Waals surface area contributed by atoms with Gasteiger partial charge in [0.25, 0.3) is 0 Å². The molecule has 0 unspecified atom stereocenters. The Bertz CT molecular complexity index is 571. The van der Waals surface area contributed by atoms with Crippen LogP contribution in [0.15, 0.2) is 46.4 Å². The lowest BCUT2D eigenvalue weighted by Crippen LogP contribution is -2.01.